The molecule has 0 unspecified atom stereocenters. The van der Waals surface area contributed by atoms with Gasteiger partial charge in [-0.15, -0.1) is 0 Å². The zero-order valence-electron chi connectivity index (χ0n) is 14.7. The number of carbonyl (C=O) groups is 3. The Morgan fingerprint density at radius 2 is 1.35 bits per heavy atom. The molecule has 2 N–H and O–H groups in total. The van der Waals surface area contributed by atoms with Crippen LogP contribution in [0.25, 0.3) is 0 Å². The van der Waals surface area contributed by atoms with Gasteiger partial charge in [-0.2, -0.15) is 0 Å². The molecule has 0 spiro atoms. The fraction of sp³-hybridized carbons (Fsp3) is 0.526. The molecule has 2 aliphatic rings. The molecule has 1 aromatic carbocycles. The summed E-state index contributed by atoms with van der Waals surface area (Å²) in [5, 5.41) is 0.603. The highest BCUT2D eigenvalue weighted by Crippen LogP contribution is 2.24. The Kier molecular flexibility index (Phi) is 5.81. The van der Waals surface area contributed by atoms with Crippen LogP contribution in [0.2, 0.25) is 5.02 Å². The van der Waals surface area contributed by atoms with E-state index in [4.69, 9.17) is 17.3 Å². The number of rotatable bonds is 3. The van der Waals surface area contributed by atoms with Crippen molar-refractivity contribution in [2.45, 2.75) is 25.7 Å². The van der Waals surface area contributed by atoms with Gasteiger partial charge in [-0.3, -0.25) is 14.4 Å². The van der Waals surface area contributed by atoms with Crippen LogP contribution in [0.3, 0.4) is 0 Å². The lowest BCUT2D eigenvalue weighted by Gasteiger charge is -2.36. The van der Waals surface area contributed by atoms with Crippen LogP contribution in [0.1, 0.15) is 36.0 Å². The van der Waals surface area contributed by atoms with Gasteiger partial charge in [0.15, 0.2) is 0 Å². The van der Waals surface area contributed by atoms with E-state index in [2.05, 4.69) is 0 Å². The van der Waals surface area contributed by atoms with Crippen LogP contribution in [0, 0.1) is 11.8 Å². The minimum Gasteiger partial charge on any atom is -0.369 e. The Balaban J connectivity index is 1.50. The van der Waals surface area contributed by atoms with Crippen molar-refractivity contribution >= 4 is 29.3 Å². The average molecular weight is 378 g/mol. The first-order valence-corrected chi connectivity index (χ1v) is 9.46. The Hall–Kier alpha value is -2.08. The number of benzene rings is 1. The molecule has 26 heavy (non-hydrogen) atoms. The molecule has 140 valence electrons. The first kappa shape index (κ1) is 18.7. The van der Waals surface area contributed by atoms with E-state index >= 15 is 0 Å². The number of piperidine rings is 2. The minimum atomic E-state index is -0.272. The van der Waals surface area contributed by atoms with E-state index in [1.807, 2.05) is 4.90 Å². The molecule has 0 bridgehead atoms. The van der Waals surface area contributed by atoms with E-state index in [9.17, 15) is 14.4 Å². The number of halogens is 1. The van der Waals surface area contributed by atoms with Crippen molar-refractivity contribution < 1.29 is 14.4 Å². The fourth-order valence-corrected chi connectivity index (χ4v) is 3.87. The van der Waals surface area contributed by atoms with Crippen molar-refractivity contribution in [3.8, 4) is 0 Å². The minimum absolute atomic E-state index is 0.0187. The van der Waals surface area contributed by atoms with Crippen molar-refractivity contribution in [1.29, 1.82) is 0 Å². The van der Waals surface area contributed by atoms with Crippen LogP contribution < -0.4 is 5.73 Å². The summed E-state index contributed by atoms with van der Waals surface area (Å²) in [6.07, 6.45) is 2.64. The van der Waals surface area contributed by atoms with Crippen LogP contribution in [0.15, 0.2) is 24.3 Å². The molecule has 0 aromatic heterocycles. The Labute approximate surface area is 158 Å². The molecule has 0 saturated carbocycles. The van der Waals surface area contributed by atoms with E-state index in [0.29, 0.717) is 62.4 Å². The van der Waals surface area contributed by atoms with Crippen LogP contribution in [-0.4, -0.2) is 53.7 Å². The molecule has 3 rings (SSSR count). The number of amides is 3. The summed E-state index contributed by atoms with van der Waals surface area (Å²) in [4.78, 5) is 40.1. The van der Waals surface area contributed by atoms with Gasteiger partial charge in [0.05, 0.1) is 0 Å². The van der Waals surface area contributed by atoms with Gasteiger partial charge in [-0.25, -0.2) is 0 Å². The zero-order valence-corrected chi connectivity index (χ0v) is 15.5. The zero-order chi connectivity index (χ0) is 18.7. The predicted octanol–water partition coefficient (Wildman–Crippen LogP) is 1.92. The molecule has 2 fully saturated rings. The summed E-state index contributed by atoms with van der Waals surface area (Å²) in [6.45, 7) is 2.35. The lowest BCUT2D eigenvalue weighted by Crippen LogP contribution is -2.47. The number of carbonyl (C=O) groups excluding carboxylic acids is 3. The highest BCUT2D eigenvalue weighted by atomic mass is 35.5. The molecule has 3 amide bonds. The van der Waals surface area contributed by atoms with E-state index < -0.39 is 0 Å². The van der Waals surface area contributed by atoms with Gasteiger partial charge in [0.25, 0.3) is 5.91 Å². The summed E-state index contributed by atoms with van der Waals surface area (Å²) >= 11 is 5.86. The molecule has 6 nitrogen and oxygen atoms in total. The second-order valence-corrected chi connectivity index (χ2v) is 7.51. The smallest absolute Gasteiger partial charge is 0.253 e. The highest BCUT2D eigenvalue weighted by Gasteiger charge is 2.33. The maximum Gasteiger partial charge on any atom is 0.253 e. The summed E-state index contributed by atoms with van der Waals surface area (Å²) in [7, 11) is 0. The van der Waals surface area contributed by atoms with Crippen molar-refractivity contribution in [3.05, 3.63) is 34.9 Å². The molecule has 2 heterocycles. The molecule has 0 aliphatic carbocycles. The van der Waals surface area contributed by atoms with E-state index in [1.165, 1.54) is 0 Å². The lowest BCUT2D eigenvalue weighted by atomic mass is 9.91. The number of nitrogens with two attached hydrogens (primary N) is 1. The van der Waals surface area contributed by atoms with Crippen molar-refractivity contribution in [1.82, 2.24) is 9.80 Å². The summed E-state index contributed by atoms with van der Waals surface area (Å²) in [5.41, 5.74) is 5.96. The normalized spacial score (nSPS) is 19.4. The average Bonchev–Trinajstić information content (AvgIpc) is 2.67. The Morgan fingerprint density at radius 1 is 0.846 bits per heavy atom. The van der Waals surface area contributed by atoms with Gasteiger partial charge in [-0.05, 0) is 49.9 Å². The molecular weight excluding hydrogens is 354 g/mol. The number of hydrogen-bond donors (Lipinski definition) is 1. The summed E-state index contributed by atoms with van der Waals surface area (Å²) < 4.78 is 0. The van der Waals surface area contributed by atoms with Gasteiger partial charge >= 0.3 is 0 Å². The first-order chi connectivity index (χ1) is 12.5. The first-order valence-electron chi connectivity index (χ1n) is 9.08. The predicted molar refractivity (Wildman–Crippen MR) is 98.6 cm³/mol. The second-order valence-electron chi connectivity index (χ2n) is 7.08. The molecule has 2 saturated heterocycles. The molecule has 2 aliphatic heterocycles. The number of likely N-dealkylation sites (tertiary alicyclic amines) is 2. The molecular formula is C19H24ClN3O3. The van der Waals surface area contributed by atoms with Gasteiger partial charge < -0.3 is 15.5 Å². The van der Waals surface area contributed by atoms with Crippen LogP contribution in [0.4, 0.5) is 0 Å². The lowest BCUT2D eigenvalue weighted by molar-refractivity contribution is -0.139. The Bertz CT molecular complexity index is 676. The number of hydrogen-bond acceptors (Lipinski definition) is 3. The second kappa shape index (κ2) is 8.08. The SMILES string of the molecule is NC(=O)C1CCN(C(=O)C2CCN(C(=O)c3ccc(Cl)cc3)CC2)CC1. The quantitative estimate of drug-likeness (QED) is 0.873. The third-order valence-corrected chi connectivity index (χ3v) is 5.68. The largest absolute Gasteiger partial charge is 0.369 e. The van der Waals surface area contributed by atoms with E-state index in [-0.39, 0.29) is 29.6 Å². The van der Waals surface area contributed by atoms with Crippen molar-refractivity contribution in [2.24, 2.45) is 17.6 Å². The van der Waals surface area contributed by atoms with Gasteiger partial charge in [0.1, 0.15) is 0 Å². The van der Waals surface area contributed by atoms with Gasteiger partial charge in [0, 0.05) is 48.6 Å². The number of nitrogens with zero attached hydrogens (tertiary/aromatic N) is 2. The molecule has 1 aromatic rings. The van der Waals surface area contributed by atoms with Gasteiger partial charge in [0.2, 0.25) is 11.8 Å². The van der Waals surface area contributed by atoms with Crippen LogP contribution in [-0.2, 0) is 9.59 Å². The third-order valence-electron chi connectivity index (χ3n) is 5.43. The fourth-order valence-electron chi connectivity index (χ4n) is 3.75. The maximum atomic E-state index is 12.7. The monoisotopic (exact) mass is 377 g/mol. The van der Waals surface area contributed by atoms with Gasteiger partial charge in [-0.1, -0.05) is 11.6 Å². The summed E-state index contributed by atoms with van der Waals surface area (Å²) in [5.74, 6) is -0.306. The third kappa shape index (κ3) is 4.18. The van der Waals surface area contributed by atoms with Crippen LogP contribution in [0.5, 0.6) is 0 Å². The van der Waals surface area contributed by atoms with Crippen molar-refractivity contribution in [2.75, 3.05) is 26.2 Å². The maximum absolute atomic E-state index is 12.7. The van der Waals surface area contributed by atoms with Crippen LogP contribution >= 0.6 is 11.6 Å². The summed E-state index contributed by atoms with van der Waals surface area (Å²) in [6, 6.07) is 6.87. The van der Waals surface area contributed by atoms with E-state index in [1.54, 1.807) is 29.2 Å². The molecule has 7 heteroatoms. The van der Waals surface area contributed by atoms with Crippen molar-refractivity contribution in [3.63, 3.8) is 0 Å². The molecule has 0 atom stereocenters. The number of primary amides is 1. The highest BCUT2D eigenvalue weighted by molar-refractivity contribution is 6.30. The Morgan fingerprint density at radius 3 is 1.88 bits per heavy atom. The van der Waals surface area contributed by atoms with E-state index in [0.717, 1.165) is 0 Å². The molecule has 0 radical (unpaired) electrons. The topological polar surface area (TPSA) is 83.7 Å². The standard InChI is InChI=1S/C19H24ClN3O3/c20-16-3-1-14(2-4-16)18(25)23-11-7-15(8-12-23)19(26)22-9-5-13(6-10-22)17(21)24/h1-4,13,15H,5-12H2,(H2,21,24).